The van der Waals surface area contributed by atoms with Gasteiger partial charge in [0.05, 0.1) is 18.9 Å². The molecule has 2 aromatic rings. The van der Waals surface area contributed by atoms with Crippen molar-refractivity contribution in [2.75, 3.05) is 14.2 Å². The Bertz CT molecular complexity index is 590. The molecule has 19 heavy (non-hydrogen) atoms. The van der Waals surface area contributed by atoms with Gasteiger partial charge in [0.1, 0.15) is 5.82 Å². The number of methoxy groups -OCH3 is 2. The van der Waals surface area contributed by atoms with Crippen molar-refractivity contribution in [3.8, 4) is 11.4 Å². The molecule has 1 aromatic carbocycles. The molecular formula is C14H16N2O3. The molecule has 1 N–H and O–H groups in total. The Morgan fingerprint density at radius 3 is 2.42 bits per heavy atom. The lowest BCUT2D eigenvalue weighted by atomic mass is 10.1. The van der Waals surface area contributed by atoms with Crippen molar-refractivity contribution in [1.82, 2.24) is 9.97 Å². The van der Waals surface area contributed by atoms with Crippen LogP contribution in [0.15, 0.2) is 35.1 Å². The molecule has 0 aliphatic heterocycles. The Hall–Kier alpha value is -1.98. The standard InChI is InChI=1S/C14H16N2O3/c1-18-8-10-3-5-11(6-4-10)14-15-12(9-19-2)7-13(17)16-14/h3-7H,8-9H2,1-2H3,(H,15,16,17). The average molecular weight is 260 g/mol. The van der Waals surface area contributed by atoms with Gasteiger partial charge < -0.3 is 14.5 Å². The number of nitrogens with one attached hydrogen (secondary N) is 1. The molecule has 0 bridgehead atoms. The lowest BCUT2D eigenvalue weighted by Crippen LogP contribution is -2.10. The second kappa shape index (κ2) is 6.26. The fraction of sp³-hybridized carbons (Fsp3) is 0.286. The Kier molecular flexibility index (Phi) is 4.43. The maximum Gasteiger partial charge on any atom is 0.251 e. The molecule has 5 heteroatoms. The van der Waals surface area contributed by atoms with Gasteiger partial charge in [0.15, 0.2) is 0 Å². The van der Waals surface area contributed by atoms with E-state index in [0.717, 1.165) is 11.1 Å². The van der Waals surface area contributed by atoms with Gasteiger partial charge in [-0.05, 0) is 5.56 Å². The largest absolute Gasteiger partial charge is 0.380 e. The molecule has 5 nitrogen and oxygen atoms in total. The maximum atomic E-state index is 11.6. The number of H-pyrrole nitrogens is 1. The molecule has 1 heterocycles. The van der Waals surface area contributed by atoms with Gasteiger partial charge in [0.25, 0.3) is 5.56 Å². The van der Waals surface area contributed by atoms with Gasteiger partial charge in [-0.2, -0.15) is 0 Å². The first-order valence-corrected chi connectivity index (χ1v) is 5.90. The zero-order chi connectivity index (χ0) is 13.7. The van der Waals surface area contributed by atoms with Crippen LogP contribution in [0.4, 0.5) is 0 Å². The summed E-state index contributed by atoms with van der Waals surface area (Å²) in [5.74, 6) is 0.545. The second-order valence-corrected chi connectivity index (χ2v) is 4.15. The quantitative estimate of drug-likeness (QED) is 0.889. The monoisotopic (exact) mass is 260 g/mol. The molecule has 2 rings (SSSR count). The van der Waals surface area contributed by atoms with Crippen LogP contribution in [-0.4, -0.2) is 24.2 Å². The van der Waals surface area contributed by atoms with E-state index in [9.17, 15) is 4.79 Å². The van der Waals surface area contributed by atoms with E-state index in [1.807, 2.05) is 24.3 Å². The molecule has 1 aromatic heterocycles. The number of aromatic nitrogens is 2. The highest BCUT2D eigenvalue weighted by atomic mass is 16.5. The van der Waals surface area contributed by atoms with Crippen LogP contribution in [0.3, 0.4) is 0 Å². The fourth-order valence-corrected chi connectivity index (χ4v) is 1.79. The van der Waals surface area contributed by atoms with Crippen molar-refractivity contribution in [1.29, 1.82) is 0 Å². The van der Waals surface area contributed by atoms with Crippen LogP contribution in [0, 0.1) is 0 Å². The lowest BCUT2D eigenvalue weighted by Gasteiger charge is -2.05. The number of nitrogens with zero attached hydrogens (tertiary/aromatic N) is 1. The molecule has 100 valence electrons. The van der Waals surface area contributed by atoms with Gasteiger partial charge in [0, 0.05) is 25.8 Å². The predicted octanol–water partition coefficient (Wildman–Crippen LogP) is 1.73. The van der Waals surface area contributed by atoms with Crippen LogP contribution in [0.1, 0.15) is 11.3 Å². The number of hydrogen-bond donors (Lipinski definition) is 1. The smallest absolute Gasteiger partial charge is 0.251 e. The minimum absolute atomic E-state index is 0.182. The summed E-state index contributed by atoms with van der Waals surface area (Å²) in [4.78, 5) is 18.6. The highest BCUT2D eigenvalue weighted by molar-refractivity contribution is 5.55. The van der Waals surface area contributed by atoms with E-state index in [0.29, 0.717) is 24.7 Å². The molecule has 0 aliphatic rings. The molecule has 0 amide bonds. The van der Waals surface area contributed by atoms with E-state index in [4.69, 9.17) is 9.47 Å². The average Bonchev–Trinajstić information content (AvgIpc) is 2.40. The minimum Gasteiger partial charge on any atom is -0.380 e. The van der Waals surface area contributed by atoms with Gasteiger partial charge in [-0.25, -0.2) is 4.98 Å². The highest BCUT2D eigenvalue weighted by Gasteiger charge is 2.04. The lowest BCUT2D eigenvalue weighted by molar-refractivity contribution is 0.181. The summed E-state index contributed by atoms with van der Waals surface area (Å²) in [5.41, 5.74) is 2.36. The van der Waals surface area contributed by atoms with Crippen molar-refractivity contribution in [3.05, 3.63) is 51.9 Å². The van der Waals surface area contributed by atoms with Gasteiger partial charge in [-0.3, -0.25) is 4.79 Å². The number of ether oxygens (including phenoxy) is 2. The molecule has 0 fully saturated rings. The van der Waals surface area contributed by atoms with Crippen LogP contribution < -0.4 is 5.56 Å². The molecular weight excluding hydrogens is 244 g/mol. The third-order valence-corrected chi connectivity index (χ3v) is 2.63. The van der Waals surface area contributed by atoms with E-state index in [1.54, 1.807) is 14.2 Å². The maximum absolute atomic E-state index is 11.6. The molecule has 0 unspecified atom stereocenters. The van der Waals surface area contributed by atoms with E-state index in [-0.39, 0.29) is 5.56 Å². The van der Waals surface area contributed by atoms with Crippen LogP contribution >= 0.6 is 0 Å². The summed E-state index contributed by atoms with van der Waals surface area (Å²) in [6, 6.07) is 9.14. The third kappa shape index (κ3) is 3.49. The van der Waals surface area contributed by atoms with Gasteiger partial charge >= 0.3 is 0 Å². The van der Waals surface area contributed by atoms with Crippen molar-refractivity contribution in [3.63, 3.8) is 0 Å². The molecule has 0 atom stereocenters. The highest BCUT2D eigenvalue weighted by Crippen LogP contribution is 2.15. The van der Waals surface area contributed by atoms with E-state index >= 15 is 0 Å². The summed E-state index contributed by atoms with van der Waals surface area (Å²) in [5, 5.41) is 0. The van der Waals surface area contributed by atoms with Gasteiger partial charge in [-0.15, -0.1) is 0 Å². The van der Waals surface area contributed by atoms with Crippen molar-refractivity contribution >= 4 is 0 Å². The first kappa shape index (κ1) is 13.5. The zero-order valence-electron chi connectivity index (χ0n) is 11.0. The van der Waals surface area contributed by atoms with Crippen molar-refractivity contribution < 1.29 is 9.47 Å². The summed E-state index contributed by atoms with van der Waals surface area (Å²) in [6.45, 7) is 0.882. The normalized spacial score (nSPS) is 10.6. The minimum atomic E-state index is -0.182. The molecule has 0 aliphatic carbocycles. The second-order valence-electron chi connectivity index (χ2n) is 4.15. The molecule has 0 spiro atoms. The SMILES string of the molecule is COCc1ccc(-c2nc(COC)cc(=O)[nH]2)cc1. The first-order valence-electron chi connectivity index (χ1n) is 5.90. The Balaban J connectivity index is 2.32. The van der Waals surface area contributed by atoms with E-state index in [1.165, 1.54) is 6.07 Å². The third-order valence-electron chi connectivity index (χ3n) is 2.63. The summed E-state index contributed by atoms with van der Waals surface area (Å²) < 4.78 is 10.0. The van der Waals surface area contributed by atoms with E-state index < -0.39 is 0 Å². The summed E-state index contributed by atoms with van der Waals surface area (Å²) in [6.07, 6.45) is 0. The Morgan fingerprint density at radius 2 is 1.79 bits per heavy atom. The zero-order valence-corrected chi connectivity index (χ0v) is 11.0. The molecule has 0 saturated heterocycles. The van der Waals surface area contributed by atoms with Crippen LogP contribution in [-0.2, 0) is 22.7 Å². The van der Waals surface area contributed by atoms with Crippen LogP contribution in [0.5, 0.6) is 0 Å². The topological polar surface area (TPSA) is 64.2 Å². The van der Waals surface area contributed by atoms with Gasteiger partial charge in [-0.1, -0.05) is 24.3 Å². The van der Waals surface area contributed by atoms with Gasteiger partial charge in [0.2, 0.25) is 0 Å². The van der Waals surface area contributed by atoms with Crippen molar-refractivity contribution in [2.45, 2.75) is 13.2 Å². The fourth-order valence-electron chi connectivity index (χ4n) is 1.79. The van der Waals surface area contributed by atoms with Crippen LogP contribution in [0.25, 0.3) is 11.4 Å². The first-order chi connectivity index (χ1) is 9.22. The molecule has 0 radical (unpaired) electrons. The number of aromatic amines is 1. The van der Waals surface area contributed by atoms with Crippen LogP contribution in [0.2, 0.25) is 0 Å². The summed E-state index contributed by atoms with van der Waals surface area (Å²) >= 11 is 0. The Morgan fingerprint density at radius 1 is 1.11 bits per heavy atom. The number of hydrogen-bond acceptors (Lipinski definition) is 4. The van der Waals surface area contributed by atoms with Crippen molar-refractivity contribution in [2.24, 2.45) is 0 Å². The summed E-state index contributed by atoms with van der Waals surface area (Å²) in [7, 11) is 3.23. The molecule has 0 saturated carbocycles. The Labute approximate surface area is 111 Å². The predicted molar refractivity (Wildman–Crippen MR) is 71.7 cm³/mol. The number of benzene rings is 1. The van der Waals surface area contributed by atoms with E-state index in [2.05, 4.69) is 9.97 Å². The number of rotatable bonds is 5.